The monoisotopic (exact) mass is 540 g/mol. The molecule has 4 nitrogen and oxygen atoms in total. The van der Waals surface area contributed by atoms with E-state index in [4.69, 9.17) is 4.74 Å². The van der Waals surface area contributed by atoms with Crippen LogP contribution >= 0.6 is 0 Å². The first kappa shape index (κ1) is 25.7. The van der Waals surface area contributed by atoms with Crippen molar-refractivity contribution >= 4 is 55.1 Å². The van der Waals surface area contributed by atoms with Gasteiger partial charge in [0.05, 0.1) is 30.8 Å². The first-order chi connectivity index (χ1) is 19.9. The number of hydrogen-bond donors (Lipinski definition) is 1. The second-order valence-corrected chi connectivity index (χ2v) is 11.5. The average molecular weight is 541 g/mol. The fourth-order valence-corrected chi connectivity index (χ4v) is 7.22. The van der Waals surface area contributed by atoms with Crippen LogP contribution < -0.4 is 14.5 Å². The van der Waals surface area contributed by atoms with E-state index >= 15 is 0 Å². The maximum atomic E-state index is 10.6. The molecule has 7 rings (SSSR count). The zero-order chi connectivity index (χ0) is 28.5. The van der Waals surface area contributed by atoms with Gasteiger partial charge in [0, 0.05) is 51.1 Å². The smallest absolute Gasteiger partial charge is 0.126 e. The average Bonchev–Trinajstić information content (AvgIpc) is 3.00. The summed E-state index contributed by atoms with van der Waals surface area (Å²) in [5.41, 5.74) is 8.07. The molecular formula is C37H36N2O2. The van der Waals surface area contributed by atoms with E-state index in [0.29, 0.717) is 0 Å². The Labute approximate surface area is 241 Å². The van der Waals surface area contributed by atoms with E-state index in [2.05, 4.69) is 122 Å². The summed E-state index contributed by atoms with van der Waals surface area (Å²) in [4.78, 5) is 4.83. The Morgan fingerprint density at radius 1 is 0.707 bits per heavy atom. The molecule has 0 spiro atoms. The van der Waals surface area contributed by atoms with Gasteiger partial charge in [-0.15, -0.1) is 0 Å². The minimum atomic E-state index is -0.138. The van der Waals surface area contributed by atoms with E-state index in [0.717, 1.165) is 40.9 Å². The van der Waals surface area contributed by atoms with E-state index in [9.17, 15) is 5.11 Å². The number of fused-ring (bicyclic) bond motifs is 2. The van der Waals surface area contributed by atoms with Gasteiger partial charge in [0.2, 0.25) is 0 Å². The Kier molecular flexibility index (Phi) is 5.88. The van der Waals surface area contributed by atoms with Crippen molar-refractivity contribution in [3.05, 3.63) is 102 Å². The van der Waals surface area contributed by atoms with E-state index in [1.807, 2.05) is 0 Å². The van der Waals surface area contributed by atoms with Crippen LogP contribution in [0.4, 0.5) is 22.7 Å². The zero-order valence-corrected chi connectivity index (χ0v) is 24.5. The highest BCUT2D eigenvalue weighted by molar-refractivity contribution is 6.30. The van der Waals surface area contributed by atoms with Gasteiger partial charge in [-0.25, -0.2) is 0 Å². The molecule has 6 aromatic carbocycles. The summed E-state index contributed by atoms with van der Waals surface area (Å²) in [7, 11) is 1.75. The SMILES string of the molecule is CCN(CC)c1cc2c(OC)ccc3c(N4c5ccccc5C(C)(C)c5ccccc54)cc4c(CO)ccc1c4c23. The number of methoxy groups -OCH3 is 1. The van der Waals surface area contributed by atoms with Gasteiger partial charge < -0.3 is 19.6 Å². The summed E-state index contributed by atoms with van der Waals surface area (Å²) in [5, 5.41) is 17.5. The van der Waals surface area contributed by atoms with Crippen LogP contribution in [0.5, 0.6) is 5.75 Å². The van der Waals surface area contributed by atoms with E-state index < -0.39 is 0 Å². The van der Waals surface area contributed by atoms with E-state index in [1.165, 1.54) is 49.7 Å². The predicted molar refractivity (Wildman–Crippen MR) is 173 cm³/mol. The Morgan fingerprint density at radius 2 is 1.32 bits per heavy atom. The fourth-order valence-electron chi connectivity index (χ4n) is 7.22. The van der Waals surface area contributed by atoms with E-state index in [1.54, 1.807) is 7.11 Å². The molecule has 0 unspecified atom stereocenters. The number of rotatable bonds is 6. The maximum absolute atomic E-state index is 10.6. The van der Waals surface area contributed by atoms with Gasteiger partial charge >= 0.3 is 0 Å². The van der Waals surface area contributed by atoms with Crippen molar-refractivity contribution in [2.75, 3.05) is 30.0 Å². The standard InChI is InChI=1S/C37H36N2O2/c1-6-38(7-2)32-21-27-34(41-5)19-18-25-33(20-26-23(22-40)16-17-24(32)35(26)36(25)27)39-30-14-10-8-12-28(30)37(3,4)29-13-9-11-15-31(29)39/h8-21,40H,6-7,22H2,1-5H3. The summed E-state index contributed by atoms with van der Waals surface area (Å²) in [6.07, 6.45) is 0. The van der Waals surface area contributed by atoms with Crippen LogP contribution in [0.1, 0.15) is 44.4 Å². The summed E-state index contributed by atoms with van der Waals surface area (Å²) >= 11 is 0. The number of benzene rings is 6. The van der Waals surface area contributed by atoms with Crippen molar-refractivity contribution in [1.29, 1.82) is 0 Å². The lowest BCUT2D eigenvalue weighted by molar-refractivity contribution is 0.283. The number of para-hydroxylation sites is 2. The molecule has 0 radical (unpaired) electrons. The summed E-state index contributed by atoms with van der Waals surface area (Å²) < 4.78 is 5.97. The zero-order valence-electron chi connectivity index (χ0n) is 24.5. The Hall–Kier alpha value is -4.28. The second-order valence-electron chi connectivity index (χ2n) is 11.5. The van der Waals surface area contributed by atoms with Gasteiger partial charge in [-0.05, 0) is 72.3 Å². The van der Waals surface area contributed by atoms with Crippen molar-refractivity contribution < 1.29 is 9.84 Å². The molecule has 41 heavy (non-hydrogen) atoms. The Bertz CT molecular complexity index is 1890. The van der Waals surface area contributed by atoms with Gasteiger partial charge in [0.1, 0.15) is 5.75 Å². The number of nitrogens with zero attached hydrogens (tertiary/aromatic N) is 2. The molecule has 0 saturated carbocycles. The largest absolute Gasteiger partial charge is 0.496 e. The molecule has 4 heteroatoms. The number of ether oxygens (including phenoxy) is 1. The van der Waals surface area contributed by atoms with E-state index in [-0.39, 0.29) is 12.0 Å². The number of aliphatic hydroxyl groups is 1. The summed E-state index contributed by atoms with van der Waals surface area (Å²) in [6.45, 7) is 10.8. The predicted octanol–water partition coefficient (Wildman–Crippen LogP) is 9.04. The lowest BCUT2D eigenvalue weighted by Crippen LogP contribution is -2.30. The number of hydrogen-bond acceptors (Lipinski definition) is 4. The molecule has 1 aliphatic rings. The molecule has 206 valence electrons. The van der Waals surface area contributed by atoms with Crippen LogP contribution in [0, 0.1) is 0 Å². The molecule has 1 aliphatic heterocycles. The highest BCUT2D eigenvalue weighted by Crippen LogP contribution is 2.55. The molecular weight excluding hydrogens is 504 g/mol. The van der Waals surface area contributed by atoms with Crippen molar-refractivity contribution in [2.24, 2.45) is 0 Å². The molecule has 0 fully saturated rings. The van der Waals surface area contributed by atoms with Crippen molar-refractivity contribution in [2.45, 2.75) is 39.7 Å². The second kappa shape index (κ2) is 9.39. The van der Waals surface area contributed by atoms with Gasteiger partial charge in [0.15, 0.2) is 0 Å². The first-order valence-corrected chi connectivity index (χ1v) is 14.6. The van der Waals surface area contributed by atoms with Crippen LogP contribution in [0.25, 0.3) is 32.3 Å². The number of aliphatic hydroxyl groups excluding tert-OH is 1. The molecule has 0 saturated heterocycles. The van der Waals surface area contributed by atoms with Crippen molar-refractivity contribution in [3.63, 3.8) is 0 Å². The van der Waals surface area contributed by atoms with Gasteiger partial charge in [-0.3, -0.25) is 0 Å². The summed E-state index contributed by atoms with van der Waals surface area (Å²) in [5.74, 6) is 0.862. The highest BCUT2D eigenvalue weighted by atomic mass is 16.5. The molecule has 1 N–H and O–H groups in total. The minimum absolute atomic E-state index is 0.0223. The Balaban J connectivity index is 1.67. The third kappa shape index (κ3) is 3.50. The van der Waals surface area contributed by atoms with Crippen LogP contribution in [0.2, 0.25) is 0 Å². The fraction of sp³-hybridized carbons (Fsp3) is 0.243. The molecule has 1 heterocycles. The van der Waals surface area contributed by atoms with Gasteiger partial charge in [-0.1, -0.05) is 62.4 Å². The highest BCUT2D eigenvalue weighted by Gasteiger charge is 2.37. The molecule has 0 aromatic heterocycles. The molecule has 0 bridgehead atoms. The van der Waals surface area contributed by atoms with Gasteiger partial charge in [-0.2, -0.15) is 0 Å². The normalized spacial score (nSPS) is 14.0. The van der Waals surface area contributed by atoms with Crippen LogP contribution in [-0.4, -0.2) is 25.3 Å². The minimum Gasteiger partial charge on any atom is -0.496 e. The third-order valence-corrected chi connectivity index (χ3v) is 9.28. The quantitative estimate of drug-likeness (QED) is 0.214. The van der Waals surface area contributed by atoms with Crippen LogP contribution in [0.3, 0.4) is 0 Å². The first-order valence-electron chi connectivity index (χ1n) is 14.6. The Morgan fingerprint density at radius 3 is 1.93 bits per heavy atom. The molecule has 0 aliphatic carbocycles. The van der Waals surface area contributed by atoms with Gasteiger partial charge in [0.25, 0.3) is 0 Å². The summed E-state index contributed by atoms with van der Waals surface area (Å²) in [6, 6.07) is 30.8. The lowest BCUT2D eigenvalue weighted by Gasteiger charge is -2.42. The van der Waals surface area contributed by atoms with Crippen molar-refractivity contribution in [3.8, 4) is 5.75 Å². The third-order valence-electron chi connectivity index (χ3n) is 9.28. The van der Waals surface area contributed by atoms with Crippen LogP contribution in [-0.2, 0) is 12.0 Å². The molecule has 0 atom stereocenters. The maximum Gasteiger partial charge on any atom is 0.126 e. The topological polar surface area (TPSA) is 35.9 Å². The lowest BCUT2D eigenvalue weighted by atomic mass is 9.73. The molecule has 6 aromatic rings. The molecule has 0 amide bonds. The van der Waals surface area contributed by atoms with Crippen molar-refractivity contribution in [1.82, 2.24) is 0 Å². The van der Waals surface area contributed by atoms with Crippen LogP contribution in [0.15, 0.2) is 84.9 Å². The number of anilines is 4.